The normalized spacial score (nSPS) is 14.1. The van der Waals surface area contributed by atoms with Gasteiger partial charge in [0, 0.05) is 5.57 Å². The molecular weight excluding hydrogens is 352 g/mol. The number of hydrogen-bond donors (Lipinski definition) is 0. The van der Waals surface area contributed by atoms with Crippen LogP contribution in [0.3, 0.4) is 0 Å². The number of ether oxygens (including phenoxy) is 1. The zero-order chi connectivity index (χ0) is 19.2. The Balaban J connectivity index is 5.81. The second-order valence-electron chi connectivity index (χ2n) is 7.30. The summed E-state index contributed by atoms with van der Waals surface area (Å²) >= 11 is 0. The van der Waals surface area contributed by atoms with Crippen LogP contribution >= 0.6 is 0 Å². The van der Waals surface area contributed by atoms with E-state index >= 15 is 0 Å². The van der Waals surface area contributed by atoms with E-state index in [-0.39, 0.29) is 0 Å². The van der Waals surface area contributed by atoms with E-state index in [1.807, 2.05) is 11.4 Å². The molecule has 0 aliphatic heterocycles. The molecule has 0 aromatic carbocycles. The van der Waals surface area contributed by atoms with Crippen LogP contribution in [0.25, 0.3) is 0 Å². The predicted octanol–water partition coefficient (Wildman–Crippen LogP) is 3.19. The Morgan fingerprint density at radius 1 is 1.17 bits per heavy atom. The largest absolute Gasteiger partial charge is 0.454 e. The van der Waals surface area contributed by atoms with Crippen molar-refractivity contribution in [1.29, 1.82) is 0 Å². The summed E-state index contributed by atoms with van der Waals surface area (Å²) in [5.41, 5.74) is 3.21. The molecule has 0 rings (SSSR count). The van der Waals surface area contributed by atoms with Crippen LogP contribution in [-0.2, 0) is 18.4 Å². The van der Waals surface area contributed by atoms with Crippen molar-refractivity contribution in [3.05, 3.63) is 36.7 Å². The minimum atomic E-state index is -2.15. The summed E-state index contributed by atoms with van der Waals surface area (Å²) in [5, 5.41) is 0. The summed E-state index contributed by atoms with van der Waals surface area (Å²) in [6.07, 6.45) is 1.07. The minimum Gasteiger partial charge on any atom is -0.454 e. The third-order valence-electron chi connectivity index (χ3n) is 3.65. The minimum absolute atomic E-state index is 0.376. The van der Waals surface area contributed by atoms with Gasteiger partial charge < -0.3 is 13.6 Å². The lowest BCUT2D eigenvalue weighted by Gasteiger charge is -2.45. The van der Waals surface area contributed by atoms with Crippen LogP contribution in [0.4, 0.5) is 0 Å². The summed E-state index contributed by atoms with van der Waals surface area (Å²) in [6.45, 7) is 23.4. The number of rotatable bonds is 11. The maximum Gasteiger partial charge on any atom is 0.333 e. The summed E-state index contributed by atoms with van der Waals surface area (Å²) in [7, 11) is -3.73. The quantitative estimate of drug-likeness (QED) is 0.237. The van der Waals surface area contributed by atoms with Gasteiger partial charge in [-0.15, -0.1) is 13.2 Å². The van der Waals surface area contributed by atoms with E-state index in [1.165, 1.54) is 0 Å². The summed E-state index contributed by atoms with van der Waals surface area (Å²) < 4.78 is 18.6. The smallest absolute Gasteiger partial charge is 0.333 e. The maximum absolute atomic E-state index is 12.1. The molecule has 24 heavy (non-hydrogen) atoms. The molecule has 0 aliphatic rings. The van der Waals surface area contributed by atoms with Gasteiger partial charge in [-0.3, -0.25) is 0 Å². The first-order valence-electron chi connectivity index (χ1n) is 8.36. The van der Waals surface area contributed by atoms with E-state index < -0.39 is 34.1 Å². The molecule has 0 radical (unpaired) electrons. The van der Waals surface area contributed by atoms with Gasteiger partial charge in [0.2, 0.25) is 16.6 Å². The van der Waals surface area contributed by atoms with Gasteiger partial charge in [-0.05, 0) is 39.5 Å². The first kappa shape index (κ1) is 23.3. The van der Waals surface area contributed by atoms with Crippen molar-refractivity contribution in [2.24, 2.45) is 0 Å². The molecule has 0 bridgehead atoms. The number of carbonyl (C=O) groups is 1. The third-order valence-corrected chi connectivity index (χ3v) is 9.35. The van der Waals surface area contributed by atoms with Crippen molar-refractivity contribution < 1.29 is 18.4 Å². The van der Waals surface area contributed by atoms with Gasteiger partial charge in [0.15, 0.2) is 5.41 Å². The lowest BCUT2D eigenvalue weighted by Crippen LogP contribution is -2.59. The molecule has 4 nitrogen and oxygen atoms in total. The zero-order valence-corrected chi connectivity index (χ0v) is 20.4. The van der Waals surface area contributed by atoms with Gasteiger partial charge in [0.05, 0.1) is 10.2 Å². The lowest BCUT2D eigenvalue weighted by atomic mass is 10.2. The fourth-order valence-corrected chi connectivity index (χ4v) is 8.45. The molecule has 0 aliphatic carbocycles. The summed E-state index contributed by atoms with van der Waals surface area (Å²) in [6, 6.07) is 0. The Bertz CT molecular complexity index is 464. The summed E-state index contributed by atoms with van der Waals surface area (Å²) in [4.78, 5) is 12.1. The maximum atomic E-state index is 12.1. The van der Waals surface area contributed by atoms with Gasteiger partial charge in [-0.2, -0.15) is 0 Å². The topological polar surface area (TPSA) is 44.8 Å². The second-order valence-corrected chi connectivity index (χ2v) is 16.3. The van der Waals surface area contributed by atoms with E-state index in [1.54, 1.807) is 6.92 Å². The number of carbonyl (C=O) groups excluding carboxylic acids is 1. The van der Waals surface area contributed by atoms with Crippen LogP contribution in [0.2, 0.25) is 26.2 Å². The molecule has 7 heteroatoms. The highest BCUT2D eigenvalue weighted by atomic mass is 28.4. The average Bonchev–Trinajstić information content (AvgIpc) is 2.45. The number of hydrogen-bond acceptors (Lipinski definition) is 4. The van der Waals surface area contributed by atoms with E-state index in [4.69, 9.17) is 13.6 Å². The van der Waals surface area contributed by atoms with Gasteiger partial charge in [-0.25, -0.2) is 4.79 Å². The molecule has 138 valence electrons. The van der Waals surface area contributed by atoms with E-state index in [2.05, 4.69) is 52.8 Å². The van der Waals surface area contributed by atoms with Crippen LogP contribution in [0.1, 0.15) is 26.7 Å². The Hall–Kier alpha value is -0.739. The molecule has 0 aromatic rings. The molecule has 0 fully saturated rings. The first-order chi connectivity index (χ1) is 10.8. The van der Waals surface area contributed by atoms with Crippen LogP contribution in [0, 0.1) is 0 Å². The van der Waals surface area contributed by atoms with Crippen LogP contribution < -0.4 is 0 Å². The summed E-state index contributed by atoms with van der Waals surface area (Å²) in [5.74, 6) is -0.406. The third kappa shape index (κ3) is 7.44. The van der Waals surface area contributed by atoms with Gasteiger partial charge in [0.1, 0.15) is 6.10 Å². The second kappa shape index (κ2) is 9.10. The van der Waals surface area contributed by atoms with E-state index in [0.717, 1.165) is 6.42 Å². The highest BCUT2D eigenvalue weighted by molar-refractivity contribution is 6.77. The monoisotopic (exact) mass is 386 g/mol. The molecule has 0 saturated heterocycles. The molecule has 0 heterocycles. The van der Waals surface area contributed by atoms with Crippen LogP contribution in [-0.4, -0.2) is 44.4 Å². The Morgan fingerprint density at radius 3 is 1.88 bits per heavy atom. The fraction of sp³-hybridized carbons (Fsp3) is 0.588. The predicted molar refractivity (Wildman–Crippen MR) is 110 cm³/mol. The van der Waals surface area contributed by atoms with Crippen molar-refractivity contribution in [2.75, 3.05) is 0 Å². The van der Waals surface area contributed by atoms with Crippen molar-refractivity contribution in [3.8, 4) is 0 Å². The Morgan fingerprint density at radius 2 is 1.58 bits per heavy atom. The molecule has 1 atom stereocenters. The van der Waals surface area contributed by atoms with Crippen molar-refractivity contribution >= 4 is 32.8 Å². The fourth-order valence-electron chi connectivity index (χ4n) is 2.20. The molecule has 0 amide bonds. The highest BCUT2D eigenvalue weighted by Gasteiger charge is 2.45. The standard InChI is InChI=1S/C17H34O4Si3/c1-10-13-15(19-16(18)14(4)5)17(22,20-23(6,7)11-2)21-24(8,9)12-3/h11-12,15H,2-4,10,13H2,1,5-9,22H3. The molecule has 1 unspecified atom stereocenters. The zero-order valence-electron chi connectivity index (χ0n) is 16.4. The Kier molecular flexibility index (Phi) is 8.82. The molecule has 0 aromatic heterocycles. The molecule has 0 N–H and O–H groups in total. The van der Waals surface area contributed by atoms with Crippen molar-refractivity contribution in [3.63, 3.8) is 0 Å². The average molecular weight is 387 g/mol. The van der Waals surface area contributed by atoms with Crippen LogP contribution in [0.5, 0.6) is 0 Å². The van der Waals surface area contributed by atoms with Crippen molar-refractivity contribution in [1.82, 2.24) is 0 Å². The Labute approximate surface area is 152 Å². The van der Waals surface area contributed by atoms with Crippen LogP contribution in [0.15, 0.2) is 36.7 Å². The molecule has 0 spiro atoms. The van der Waals surface area contributed by atoms with Gasteiger partial charge in [-0.1, -0.05) is 31.3 Å². The lowest BCUT2D eigenvalue weighted by molar-refractivity contribution is -0.177. The van der Waals surface area contributed by atoms with Gasteiger partial charge in [0.25, 0.3) is 0 Å². The SMILES string of the molecule is C=C[Si](C)(C)OC([SiH3])(O[Si](C)(C)C=C)C(CCC)OC(=O)C(=C)C. The number of esters is 1. The first-order valence-corrected chi connectivity index (χ1v) is 15.3. The van der Waals surface area contributed by atoms with Gasteiger partial charge >= 0.3 is 5.97 Å². The highest BCUT2D eigenvalue weighted by Crippen LogP contribution is 2.30. The van der Waals surface area contributed by atoms with Crippen molar-refractivity contribution in [2.45, 2.75) is 64.4 Å². The van der Waals surface area contributed by atoms with E-state index in [9.17, 15) is 4.79 Å². The molecule has 0 saturated carbocycles. The molecular formula is C17H34O4Si3. The van der Waals surface area contributed by atoms with E-state index in [0.29, 0.717) is 22.2 Å².